The molecule has 24 heavy (non-hydrogen) atoms. The van der Waals surface area contributed by atoms with E-state index in [1.54, 1.807) is 19.1 Å². The van der Waals surface area contributed by atoms with Gasteiger partial charge < -0.3 is 4.74 Å². The lowest BCUT2D eigenvalue weighted by molar-refractivity contribution is 0.0526. The average molecular weight is 317 g/mol. The van der Waals surface area contributed by atoms with Crippen molar-refractivity contribution in [3.05, 3.63) is 78.0 Å². The van der Waals surface area contributed by atoms with Gasteiger partial charge in [-0.15, -0.1) is 0 Å². The molecule has 0 unspecified atom stereocenters. The molecule has 0 saturated heterocycles. The van der Waals surface area contributed by atoms with Crippen LogP contribution in [0.15, 0.2) is 66.7 Å². The van der Waals surface area contributed by atoms with E-state index >= 15 is 0 Å². The number of aryl methyl sites for hydroxylation is 1. The van der Waals surface area contributed by atoms with Gasteiger partial charge in [0.05, 0.1) is 17.9 Å². The third-order valence-corrected chi connectivity index (χ3v) is 3.75. The molecule has 0 aliphatic rings. The summed E-state index contributed by atoms with van der Waals surface area (Å²) in [5.41, 5.74) is 5.68. The van der Waals surface area contributed by atoms with Crippen LogP contribution in [-0.4, -0.2) is 17.6 Å². The summed E-state index contributed by atoms with van der Waals surface area (Å²) in [6, 6.07) is 21.7. The van der Waals surface area contributed by atoms with Crippen molar-refractivity contribution in [3.8, 4) is 22.4 Å². The first-order chi connectivity index (χ1) is 11.7. The van der Waals surface area contributed by atoms with E-state index < -0.39 is 0 Å². The van der Waals surface area contributed by atoms with Crippen molar-refractivity contribution in [2.45, 2.75) is 13.8 Å². The summed E-state index contributed by atoms with van der Waals surface area (Å²) in [6.07, 6.45) is 0. The normalized spacial score (nSPS) is 10.4. The van der Waals surface area contributed by atoms with Gasteiger partial charge in [0.2, 0.25) is 0 Å². The number of aromatic nitrogens is 1. The van der Waals surface area contributed by atoms with Crippen molar-refractivity contribution in [3.63, 3.8) is 0 Å². The number of carbonyl (C=O) groups excluding carboxylic acids is 1. The molecule has 3 heteroatoms. The van der Waals surface area contributed by atoms with Crippen molar-refractivity contribution in [2.24, 2.45) is 0 Å². The van der Waals surface area contributed by atoms with E-state index in [1.807, 2.05) is 43.3 Å². The maximum Gasteiger partial charge on any atom is 0.338 e. The lowest BCUT2D eigenvalue weighted by Gasteiger charge is -2.08. The van der Waals surface area contributed by atoms with Gasteiger partial charge in [-0.05, 0) is 49.2 Å². The highest BCUT2D eigenvalue weighted by Crippen LogP contribution is 2.26. The molecule has 0 spiro atoms. The van der Waals surface area contributed by atoms with E-state index in [0.29, 0.717) is 12.2 Å². The number of carbonyl (C=O) groups is 1. The number of benzene rings is 2. The van der Waals surface area contributed by atoms with Crippen LogP contribution in [0.1, 0.15) is 23.0 Å². The molecule has 1 aromatic heterocycles. The molecule has 2 aromatic carbocycles. The first-order valence-corrected chi connectivity index (χ1v) is 7.99. The Morgan fingerprint density at radius 3 is 2.29 bits per heavy atom. The molecule has 0 aliphatic carbocycles. The summed E-state index contributed by atoms with van der Waals surface area (Å²) in [4.78, 5) is 16.4. The van der Waals surface area contributed by atoms with Gasteiger partial charge in [0.15, 0.2) is 0 Å². The van der Waals surface area contributed by atoms with Gasteiger partial charge in [-0.2, -0.15) is 0 Å². The van der Waals surface area contributed by atoms with Gasteiger partial charge in [0.1, 0.15) is 0 Å². The Morgan fingerprint density at radius 2 is 1.62 bits per heavy atom. The van der Waals surface area contributed by atoms with Crippen molar-refractivity contribution >= 4 is 5.97 Å². The van der Waals surface area contributed by atoms with Crippen LogP contribution in [0.5, 0.6) is 0 Å². The topological polar surface area (TPSA) is 39.2 Å². The van der Waals surface area contributed by atoms with E-state index in [1.165, 1.54) is 0 Å². The Balaban J connectivity index is 1.95. The van der Waals surface area contributed by atoms with Crippen LogP contribution >= 0.6 is 0 Å². The molecule has 0 radical (unpaired) electrons. The molecular weight excluding hydrogens is 298 g/mol. The predicted molar refractivity (Wildman–Crippen MR) is 95.8 cm³/mol. The number of ether oxygens (including phenoxy) is 1. The molecule has 0 atom stereocenters. The monoisotopic (exact) mass is 317 g/mol. The van der Waals surface area contributed by atoms with Gasteiger partial charge in [0.25, 0.3) is 0 Å². The van der Waals surface area contributed by atoms with Crippen LogP contribution in [-0.2, 0) is 4.74 Å². The van der Waals surface area contributed by atoms with Crippen molar-refractivity contribution in [2.75, 3.05) is 6.61 Å². The summed E-state index contributed by atoms with van der Waals surface area (Å²) in [7, 11) is 0. The standard InChI is InChI=1S/C21H19NO2/c1-3-24-21(23)18-11-9-16(10-12-18)19-13-15(2)22-20(14-19)17-7-5-4-6-8-17/h4-14H,3H2,1-2H3. The van der Waals surface area contributed by atoms with Gasteiger partial charge in [0, 0.05) is 11.3 Å². The first kappa shape index (κ1) is 15.9. The lowest BCUT2D eigenvalue weighted by atomic mass is 10.0. The maximum atomic E-state index is 11.8. The summed E-state index contributed by atoms with van der Waals surface area (Å²) >= 11 is 0. The number of rotatable bonds is 4. The summed E-state index contributed by atoms with van der Waals surface area (Å²) in [5.74, 6) is -0.292. The van der Waals surface area contributed by atoms with Crippen molar-refractivity contribution in [1.82, 2.24) is 4.98 Å². The third kappa shape index (κ3) is 3.51. The lowest BCUT2D eigenvalue weighted by Crippen LogP contribution is -2.04. The largest absolute Gasteiger partial charge is 0.462 e. The Hall–Kier alpha value is -2.94. The minimum Gasteiger partial charge on any atom is -0.462 e. The van der Waals surface area contributed by atoms with E-state index in [-0.39, 0.29) is 5.97 Å². The Kier molecular flexibility index (Phi) is 4.71. The fraction of sp³-hybridized carbons (Fsp3) is 0.143. The van der Waals surface area contributed by atoms with Crippen molar-refractivity contribution < 1.29 is 9.53 Å². The van der Waals surface area contributed by atoms with E-state index in [4.69, 9.17) is 4.74 Å². The molecular formula is C21H19NO2. The minimum absolute atomic E-state index is 0.292. The molecule has 0 N–H and O–H groups in total. The maximum absolute atomic E-state index is 11.8. The van der Waals surface area contributed by atoms with Gasteiger partial charge >= 0.3 is 5.97 Å². The fourth-order valence-corrected chi connectivity index (χ4v) is 2.61. The van der Waals surface area contributed by atoms with Crippen LogP contribution in [0.2, 0.25) is 0 Å². The third-order valence-electron chi connectivity index (χ3n) is 3.75. The van der Waals surface area contributed by atoms with Crippen LogP contribution in [0, 0.1) is 6.92 Å². The van der Waals surface area contributed by atoms with E-state index in [9.17, 15) is 4.79 Å². The minimum atomic E-state index is -0.292. The second-order valence-corrected chi connectivity index (χ2v) is 5.55. The SMILES string of the molecule is CCOC(=O)c1ccc(-c2cc(C)nc(-c3ccccc3)c2)cc1. The smallest absolute Gasteiger partial charge is 0.338 e. The first-order valence-electron chi connectivity index (χ1n) is 7.99. The van der Waals surface area contributed by atoms with Crippen molar-refractivity contribution in [1.29, 1.82) is 0 Å². The summed E-state index contributed by atoms with van der Waals surface area (Å²) in [5, 5.41) is 0. The van der Waals surface area contributed by atoms with E-state index in [2.05, 4.69) is 23.2 Å². The molecule has 0 aliphatic heterocycles. The Labute approximate surface area is 142 Å². The number of pyridine rings is 1. The van der Waals surface area contributed by atoms with Gasteiger partial charge in [-0.3, -0.25) is 4.98 Å². The van der Waals surface area contributed by atoms with Crippen LogP contribution in [0.25, 0.3) is 22.4 Å². The zero-order valence-corrected chi connectivity index (χ0v) is 13.8. The summed E-state index contributed by atoms with van der Waals surface area (Å²) in [6.45, 7) is 4.17. The average Bonchev–Trinajstić information content (AvgIpc) is 2.62. The molecule has 1 heterocycles. The molecule has 120 valence electrons. The molecule has 3 nitrogen and oxygen atoms in total. The van der Waals surface area contributed by atoms with E-state index in [0.717, 1.165) is 28.1 Å². The molecule has 0 saturated carbocycles. The molecule has 0 fully saturated rings. The molecule has 0 amide bonds. The number of hydrogen-bond acceptors (Lipinski definition) is 3. The predicted octanol–water partition coefficient (Wildman–Crippen LogP) is 4.90. The van der Waals surface area contributed by atoms with Crippen LogP contribution < -0.4 is 0 Å². The molecule has 3 aromatic rings. The Morgan fingerprint density at radius 1 is 0.917 bits per heavy atom. The fourth-order valence-electron chi connectivity index (χ4n) is 2.61. The highest BCUT2D eigenvalue weighted by molar-refractivity contribution is 5.90. The van der Waals surface area contributed by atoms with Crippen LogP contribution in [0.3, 0.4) is 0 Å². The zero-order chi connectivity index (χ0) is 16.9. The summed E-state index contributed by atoms with van der Waals surface area (Å²) < 4.78 is 5.02. The van der Waals surface area contributed by atoms with Crippen LogP contribution in [0.4, 0.5) is 0 Å². The quantitative estimate of drug-likeness (QED) is 0.642. The molecule has 0 bridgehead atoms. The molecule has 3 rings (SSSR count). The second kappa shape index (κ2) is 7.09. The number of nitrogens with zero attached hydrogens (tertiary/aromatic N) is 1. The number of esters is 1. The highest BCUT2D eigenvalue weighted by Gasteiger charge is 2.08. The van der Waals surface area contributed by atoms with Gasteiger partial charge in [-0.1, -0.05) is 42.5 Å². The highest BCUT2D eigenvalue weighted by atomic mass is 16.5. The number of hydrogen-bond donors (Lipinski definition) is 0. The second-order valence-electron chi connectivity index (χ2n) is 5.55. The van der Waals surface area contributed by atoms with Gasteiger partial charge in [-0.25, -0.2) is 4.79 Å². The zero-order valence-electron chi connectivity index (χ0n) is 13.8. The Bertz CT molecular complexity index is 839.